The molecule has 0 amide bonds. The average molecular weight is 321 g/mol. The molecule has 3 aromatic rings. The van der Waals surface area contributed by atoms with Gasteiger partial charge in [0.2, 0.25) is 0 Å². The van der Waals surface area contributed by atoms with E-state index in [2.05, 4.69) is 6.07 Å². The first kappa shape index (κ1) is 14.2. The molecule has 0 N–H and O–H groups in total. The van der Waals surface area contributed by atoms with Gasteiger partial charge in [0.15, 0.2) is 5.78 Å². The number of benzene rings is 1. The SMILES string of the molecule is CC(=O)c1cc(-c2ccccc2)c(=O)n2c1-c1sccc1CC2. The Balaban J connectivity index is 2.07. The van der Waals surface area contributed by atoms with Gasteiger partial charge in [-0.25, -0.2) is 0 Å². The number of hydrogen-bond acceptors (Lipinski definition) is 3. The van der Waals surface area contributed by atoms with E-state index in [-0.39, 0.29) is 11.3 Å². The maximum absolute atomic E-state index is 13.0. The highest BCUT2D eigenvalue weighted by Gasteiger charge is 2.25. The van der Waals surface area contributed by atoms with Crippen molar-refractivity contribution in [2.24, 2.45) is 0 Å². The number of rotatable bonds is 2. The van der Waals surface area contributed by atoms with Gasteiger partial charge in [-0.3, -0.25) is 9.59 Å². The minimum absolute atomic E-state index is 0.00724. The molecule has 4 heteroatoms. The lowest BCUT2D eigenvalue weighted by atomic mass is 9.97. The number of thiophene rings is 1. The first-order valence-corrected chi connectivity index (χ1v) is 8.45. The summed E-state index contributed by atoms with van der Waals surface area (Å²) in [4.78, 5) is 26.3. The molecule has 0 unspecified atom stereocenters. The van der Waals surface area contributed by atoms with Crippen molar-refractivity contribution in [3.05, 3.63) is 69.3 Å². The Kier molecular flexibility index (Phi) is 3.27. The standard InChI is InChI=1S/C19H15NO2S/c1-12(21)15-11-16(13-5-3-2-4-6-13)19(22)20-9-7-14-8-10-23-18(14)17(15)20/h2-6,8,10-11H,7,9H2,1H3. The van der Waals surface area contributed by atoms with E-state index in [9.17, 15) is 9.59 Å². The molecule has 0 spiro atoms. The predicted molar refractivity (Wildman–Crippen MR) is 93.2 cm³/mol. The molecule has 3 nitrogen and oxygen atoms in total. The summed E-state index contributed by atoms with van der Waals surface area (Å²) in [6.45, 7) is 2.19. The number of hydrogen-bond donors (Lipinski definition) is 0. The Hall–Kier alpha value is -2.46. The molecule has 4 rings (SSSR count). The predicted octanol–water partition coefficient (Wildman–Crippen LogP) is 4.00. The van der Waals surface area contributed by atoms with Gasteiger partial charge >= 0.3 is 0 Å². The highest BCUT2D eigenvalue weighted by molar-refractivity contribution is 7.13. The van der Waals surface area contributed by atoms with Gasteiger partial charge in [-0.1, -0.05) is 30.3 Å². The van der Waals surface area contributed by atoms with Crippen LogP contribution < -0.4 is 5.56 Å². The first-order valence-electron chi connectivity index (χ1n) is 7.58. The third-order valence-electron chi connectivity index (χ3n) is 4.32. The molecular weight excluding hydrogens is 306 g/mol. The zero-order valence-electron chi connectivity index (χ0n) is 12.7. The summed E-state index contributed by atoms with van der Waals surface area (Å²) < 4.78 is 1.78. The lowest BCUT2D eigenvalue weighted by Crippen LogP contribution is -2.28. The monoisotopic (exact) mass is 321 g/mol. The van der Waals surface area contributed by atoms with Crippen molar-refractivity contribution in [3.8, 4) is 21.7 Å². The fraction of sp³-hybridized carbons (Fsp3) is 0.158. The van der Waals surface area contributed by atoms with Crippen molar-refractivity contribution in [1.29, 1.82) is 0 Å². The highest BCUT2D eigenvalue weighted by atomic mass is 32.1. The number of Topliss-reactive ketones (excluding diaryl/α,β-unsaturated/α-hetero) is 1. The molecule has 1 aliphatic heterocycles. The Morgan fingerprint density at radius 3 is 2.70 bits per heavy atom. The van der Waals surface area contributed by atoms with E-state index in [1.54, 1.807) is 28.9 Å². The number of carbonyl (C=O) groups excluding carboxylic acids is 1. The van der Waals surface area contributed by atoms with Gasteiger partial charge in [0.05, 0.1) is 10.6 Å². The molecule has 2 aromatic heterocycles. The van der Waals surface area contributed by atoms with Crippen molar-refractivity contribution < 1.29 is 4.79 Å². The van der Waals surface area contributed by atoms with E-state index in [0.717, 1.165) is 22.6 Å². The summed E-state index contributed by atoms with van der Waals surface area (Å²) in [5.74, 6) is -0.00724. The molecule has 3 heterocycles. The quantitative estimate of drug-likeness (QED) is 0.669. The van der Waals surface area contributed by atoms with Crippen LogP contribution in [0.15, 0.2) is 52.6 Å². The number of ketones is 1. The zero-order chi connectivity index (χ0) is 16.0. The lowest BCUT2D eigenvalue weighted by Gasteiger charge is -2.22. The topological polar surface area (TPSA) is 39.1 Å². The van der Waals surface area contributed by atoms with Gasteiger partial charge in [0, 0.05) is 17.7 Å². The van der Waals surface area contributed by atoms with Crippen LogP contribution in [0.25, 0.3) is 21.7 Å². The number of aromatic nitrogens is 1. The minimum atomic E-state index is -0.0183. The molecule has 23 heavy (non-hydrogen) atoms. The molecule has 0 saturated carbocycles. The van der Waals surface area contributed by atoms with Gasteiger partial charge in [0.25, 0.3) is 5.56 Å². The largest absolute Gasteiger partial charge is 0.306 e. The molecule has 0 fully saturated rings. The van der Waals surface area contributed by atoms with Crippen molar-refractivity contribution in [1.82, 2.24) is 4.57 Å². The third kappa shape index (κ3) is 2.18. The second kappa shape index (κ2) is 5.32. The van der Waals surface area contributed by atoms with Crippen molar-refractivity contribution >= 4 is 17.1 Å². The normalized spacial score (nSPS) is 12.6. The van der Waals surface area contributed by atoms with Gasteiger partial charge in [0.1, 0.15) is 0 Å². The molecule has 114 valence electrons. The molecule has 1 aromatic carbocycles. The summed E-state index contributed by atoms with van der Waals surface area (Å²) in [5.41, 5.74) is 4.08. The average Bonchev–Trinajstić information content (AvgIpc) is 3.04. The molecule has 0 aliphatic carbocycles. The maximum Gasteiger partial charge on any atom is 0.258 e. The molecule has 1 aliphatic rings. The number of carbonyl (C=O) groups is 1. The van der Waals surface area contributed by atoms with E-state index in [4.69, 9.17) is 0 Å². The summed E-state index contributed by atoms with van der Waals surface area (Å²) in [7, 11) is 0. The van der Waals surface area contributed by atoms with Crippen LogP contribution in [0.5, 0.6) is 0 Å². The second-order valence-electron chi connectivity index (χ2n) is 5.72. The van der Waals surface area contributed by atoms with E-state index in [0.29, 0.717) is 17.7 Å². The lowest BCUT2D eigenvalue weighted by molar-refractivity contribution is 0.101. The Morgan fingerprint density at radius 2 is 1.96 bits per heavy atom. The Labute approximate surface area is 137 Å². The number of fused-ring (bicyclic) bond motifs is 3. The van der Waals surface area contributed by atoms with Gasteiger partial charge in [-0.05, 0) is 42.0 Å². The summed E-state index contributed by atoms with van der Waals surface area (Å²) >= 11 is 1.60. The fourth-order valence-electron chi connectivity index (χ4n) is 3.19. The third-order valence-corrected chi connectivity index (χ3v) is 5.28. The van der Waals surface area contributed by atoms with Crippen LogP contribution in [0.2, 0.25) is 0 Å². The van der Waals surface area contributed by atoms with Crippen LogP contribution >= 0.6 is 11.3 Å². The van der Waals surface area contributed by atoms with Crippen LogP contribution in [0, 0.1) is 0 Å². The maximum atomic E-state index is 13.0. The first-order chi connectivity index (χ1) is 11.2. The number of aryl methyl sites for hydroxylation is 1. The second-order valence-corrected chi connectivity index (χ2v) is 6.64. The minimum Gasteiger partial charge on any atom is -0.306 e. The molecule has 0 atom stereocenters. The van der Waals surface area contributed by atoms with Crippen LogP contribution in [0.1, 0.15) is 22.8 Å². The van der Waals surface area contributed by atoms with Crippen molar-refractivity contribution in [2.75, 3.05) is 0 Å². The van der Waals surface area contributed by atoms with E-state index < -0.39 is 0 Å². The van der Waals surface area contributed by atoms with Crippen LogP contribution in [-0.2, 0) is 13.0 Å². The van der Waals surface area contributed by atoms with Gasteiger partial charge < -0.3 is 4.57 Å². The summed E-state index contributed by atoms with van der Waals surface area (Å²) in [5, 5.41) is 2.03. The van der Waals surface area contributed by atoms with E-state index >= 15 is 0 Å². The Bertz CT molecular complexity index is 967. The smallest absolute Gasteiger partial charge is 0.258 e. The van der Waals surface area contributed by atoms with Crippen LogP contribution in [0.4, 0.5) is 0 Å². The summed E-state index contributed by atoms with van der Waals surface area (Å²) in [6.07, 6.45) is 0.835. The molecular formula is C19H15NO2S. The number of nitrogens with zero attached hydrogens (tertiary/aromatic N) is 1. The van der Waals surface area contributed by atoms with Gasteiger partial charge in [-0.15, -0.1) is 11.3 Å². The van der Waals surface area contributed by atoms with Crippen LogP contribution in [-0.4, -0.2) is 10.4 Å². The molecule has 0 radical (unpaired) electrons. The number of pyridine rings is 1. The summed E-state index contributed by atoms with van der Waals surface area (Å²) in [6, 6.07) is 13.4. The van der Waals surface area contributed by atoms with Crippen molar-refractivity contribution in [2.45, 2.75) is 19.9 Å². The van der Waals surface area contributed by atoms with E-state index in [1.807, 2.05) is 35.7 Å². The van der Waals surface area contributed by atoms with E-state index in [1.165, 1.54) is 5.56 Å². The molecule has 0 bridgehead atoms. The Morgan fingerprint density at radius 1 is 1.17 bits per heavy atom. The molecule has 0 saturated heterocycles. The zero-order valence-corrected chi connectivity index (χ0v) is 13.5. The van der Waals surface area contributed by atoms with Gasteiger partial charge in [-0.2, -0.15) is 0 Å². The fourth-order valence-corrected chi connectivity index (χ4v) is 4.21. The highest BCUT2D eigenvalue weighted by Crippen LogP contribution is 2.36. The van der Waals surface area contributed by atoms with Crippen molar-refractivity contribution in [3.63, 3.8) is 0 Å². The van der Waals surface area contributed by atoms with Crippen LogP contribution in [0.3, 0.4) is 0 Å².